The third-order valence-corrected chi connectivity index (χ3v) is 3.72. The van der Waals surface area contributed by atoms with E-state index in [0.29, 0.717) is 22.1 Å². The Hall–Kier alpha value is -2.66. The van der Waals surface area contributed by atoms with E-state index in [-0.39, 0.29) is 16.7 Å². The van der Waals surface area contributed by atoms with E-state index < -0.39 is 11.2 Å². The van der Waals surface area contributed by atoms with Gasteiger partial charge in [0, 0.05) is 11.1 Å². The molecule has 0 unspecified atom stereocenters. The molecule has 0 fully saturated rings. The van der Waals surface area contributed by atoms with Gasteiger partial charge < -0.3 is 19.0 Å². The van der Waals surface area contributed by atoms with Crippen LogP contribution in [0.1, 0.15) is 0 Å². The van der Waals surface area contributed by atoms with Gasteiger partial charge in [-0.2, -0.15) is 0 Å². The molecule has 0 aliphatic heterocycles. The summed E-state index contributed by atoms with van der Waals surface area (Å²) in [6, 6.07) is 9.58. The maximum atomic E-state index is 12.4. The maximum absolute atomic E-state index is 12.4. The summed E-state index contributed by atoms with van der Waals surface area (Å²) >= 11 is 5.95. The summed E-state index contributed by atoms with van der Waals surface area (Å²) in [6.07, 6.45) is 0. The summed E-state index contributed by atoms with van der Waals surface area (Å²) < 4.78 is 16.2. The Morgan fingerprint density at radius 2 is 1.87 bits per heavy atom. The summed E-state index contributed by atoms with van der Waals surface area (Å²) in [5.74, 6) is 0.478. The minimum atomic E-state index is -0.539. The Labute approximate surface area is 136 Å². The Kier molecular flexibility index (Phi) is 3.88. The highest BCUT2D eigenvalue weighted by molar-refractivity contribution is 6.31. The number of hydrogen-bond donors (Lipinski definition) is 1. The normalized spacial score (nSPS) is 10.7. The lowest BCUT2D eigenvalue weighted by Gasteiger charge is -2.11. The van der Waals surface area contributed by atoms with Gasteiger partial charge in [-0.15, -0.1) is 0 Å². The van der Waals surface area contributed by atoms with Crippen molar-refractivity contribution in [2.45, 2.75) is 0 Å². The van der Waals surface area contributed by atoms with Crippen LogP contribution in [0.3, 0.4) is 0 Å². The predicted octanol–water partition coefficient (Wildman–Crippen LogP) is 3.84. The first-order chi connectivity index (χ1) is 11.0. The molecular formula is C17H13ClO5. The molecule has 1 N–H and O–H groups in total. The van der Waals surface area contributed by atoms with Gasteiger partial charge >= 0.3 is 0 Å². The van der Waals surface area contributed by atoms with Gasteiger partial charge in [0.05, 0.1) is 25.2 Å². The van der Waals surface area contributed by atoms with Crippen molar-refractivity contribution >= 4 is 22.6 Å². The van der Waals surface area contributed by atoms with Crippen molar-refractivity contribution in [1.82, 2.24) is 0 Å². The molecule has 1 heterocycles. The molecule has 6 heteroatoms. The maximum Gasteiger partial charge on any atom is 0.235 e. The molecule has 0 saturated heterocycles. The second-order valence-electron chi connectivity index (χ2n) is 4.82. The highest BCUT2D eigenvalue weighted by Gasteiger charge is 2.19. The number of aromatic hydroxyl groups is 1. The van der Waals surface area contributed by atoms with Crippen LogP contribution in [-0.2, 0) is 0 Å². The van der Waals surface area contributed by atoms with Crippen molar-refractivity contribution in [3.63, 3.8) is 0 Å². The fraction of sp³-hybridized carbons (Fsp3) is 0.118. The number of halogens is 1. The van der Waals surface area contributed by atoms with E-state index >= 15 is 0 Å². The molecule has 3 rings (SSSR count). The van der Waals surface area contributed by atoms with E-state index in [1.54, 1.807) is 24.3 Å². The Bertz CT molecular complexity index is 946. The second kappa shape index (κ2) is 5.85. The minimum absolute atomic E-state index is 0.000478. The van der Waals surface area contributed by atoms with Crippen molar-refractivity contribution in [3.8, 4) is 28.6 Å². The van der Waals surface area contributed by atoms with Crippen LogP contribution in [0.4, 0.5) is 0 Å². The molecule has 0 aliphatic carbocycles. The molecule has 0 aliphatic rings. The summed E-state index contributed by atoms with van der Waals surface area (Å²) in [5, 5.41) is 10.9. The van der Waals surface area contributed by atoms with Crippen LogP contribution in [0.25, 0.3) is 22.3 Å². The second-order valence-corrected chi connectivity index (χ2v) is 5.25. The number of hydrogen-bond acceptors (Lipinski definition) is 5. The van der Waals surface area contributed by atoms with Gasteiger partial charge in [0.25, 0.3) is 0 Å². The zero-order valence-electron chi connectivity index (χ0n) is 12.4. The van der Waals surface area contributed by atoms with Crippen LogP contribution in [0.15, 0.2) is 45.6 Å². The zero-order chi connectivity index (χ0) is 16.6. The van der Waals surface area contributed by atoms with Crippen molar-refractivity contribution < 1.29 is 19.0 Å². The lowest BCUT2D eigenvalue weighted by atomic mass is 10.1. The first-order valence-corrected chi connectivity index (χ1v) is 7.10. The first-order valence-electron chi connectivity index (χ1n) is 6.73. The van der Waals surface area contributed by atoms with Crippen LogP contribution >= 0.6 is 11.6 Å². The zero-order valence-corrected chi connectivity index (χ0v) is 13.2. The highest BCUT2D eigenvalue weighted by atomic mass is 35.5. The number of rotatable bonds is 3. The number of fused-ring (bicyclic) bond motifs is 1. The molecule has 2 aromatic carbocycles. The molecule has 0 bridgehead atoms. The van der Waals surface area contributed by atoms with Crippen LogP contribution in [0, 0.1) is 0 Å². The molecule has 0 amide bonds. The Morgan fingerprint density at radius 3 is 2.57 bits per heavy atom. The van der Waals surface area contributed by atoms with E-state index in [4.69, 9.17) is 25.5 Å². The van der Waals surface area contributed by atoms with E-state index in [0.717, 1.165) is 0 Å². The van der Waals surface area contributed by atoms with Gasteiger partial charge in [-0.3, -0.25) is 4.79 Å². The average Bonchev–Trinajstić information content (AvgIpc) is 2.57. The molecule has 3 aromatic rings. The third kappa shape index (κ3) is 2.59. The summed E-state index contributed by atoms with van der Waals surface area (Å²) in [4.78, 5) is 12.4. The summed E-state index contributed by atoms with van der Waals surface area (Å²) in [6.45, 7) is 0. The van der Waals surface area contributed by atoms with Gasteiger partial charge in [-0.05, 0) is 30.3 Å². The molecule has 0 saturated carbocycles. The molecular weight excluding hydrogens is 320 g/mol. The average molecular weight is 333 g/mol. The number of ether oxygens (including phenoxy) is 2. The van der Waals surface area contributed by atoms with E-state index in [1.807, 2.05) is 0 Å². The number of methoxy groups -OCH3 is 2. The molecule has 5 nitrogen and oxygen atoms in total. The van der Waals surface area contributed by atoms with Crippen molar-refractivity contribution in [1.29, 1.82) is 0 Å². The lowest BCUT2D eigenvalue weighted by molar-refractivity contribution is 0.401. The van der Waals surface area contributed by atoms with Crippen LogP contribution < -0.4 is 14.9 Å². The quantitative estimate of drug-likeness (QED) is 0.789. The van der Waals surface area contributed by atoms with Crippen LogP contribution in [-0.4, -0.2) is 19.3 Å². The highest BCUT2D eigenvalue weighted by Crippen LogP contribution is 2.38. The fourth-order valence-corrected chi connectivity index (χ4v) is 2.49. The number of benzene rings is 2. The van der Waals surface area contributed by atoms with Gasteiger partial charge in [-0.25, -0.2) is 0 Å². The standard InChI is InChI=1S/C17H13ClO5/c1-21-10-4-6-13(22-2)12(8-10)17-16(20)15(19)11-5-3-9(18)7-14(11)23-17/h3-8,20H,1-2H3. The summed E-state index contributed by atoms with van der Waals surface area (Å²) in [5.41, 5.74) is 0.145. The van der Waals surface area contributed by atoms with E-state index in [9.17, 15) is 9.90 Å². The Balaban J connectivity index is 2.36. The smallest absolute Gasteiger partial charge is 0.235 e. The van der Waals surface area contributed by atoms with E-state index in [2.05, 4.69) is 0 Å². The predicted molar refractivity (Wildman–Crippen MR) is 87.7 cm³/mol. The van der Waals surface area contributed by atoms with Gasteiger partial charge in [0.2, 0.25) is 11.2 Å². The SMILES string of the molecule is COc1ccc(OC)c(-c2oc3cc(Cl)ccc3c(=O)c2O)c1. The largest absolute Gasteiger partial charge is 0.502 e. The minimum Gasteiger partial charge on any atom is -0.502 e. The third-order valence-electron chi connectivity index (χ3n) is 3.48. The topological polar surface area (TPSA) is 68.9 Å². The van der Waals surface area contributed by atoms with Crippen LogP contribution in [0.5, 0.6) is 17.2 Å². The molecule has 118 valence electrons. The fourth-order valence-electron chi connectivity index (χ4n) is 2.33. The van der Waals surface area contributed by atoms with Crippen molar-refractivity contribution in [2.24, 2.45) is 0 Å². The van der Waals surface area contributed by atoms with E-state index in [1.165, 1.54) is 26.4 Å². The lowest BCUT2D eigenvalue weighted by Crippen LogP contribution is -2.03. The molecule has 1 aromatic heterocycles. The van der Waals surface area contributed by atoms with Gasteiger partial charge in [0.1, 0.15) is 17.1 Å². The molecule has 0 atom stereocenters. The van der Waals surface area contributed by atoms with Gasteiger partial charge in [-0.1, -0.05) is 11.6 Å². The molecule has 0 radical (unpaired) electrons. The van der Waals surface area contributed by atoms with Gasteiger partial charge in [0.15, 0.2) is 5.76 Å². The monoisotopic (exact) mass is 332 g/mol. The Morgan fingerprint density at radius 1 is 1.09 bits per heavy atom. The molecule has 0 spiro atoms. The van der Waals surface area contributed by atoms with Crippen molar-refractivity contribution in [3.05, 3.63) is 51.6 Å². The van der Waals surface area contributed by atoms with Crippen molar-refractivity contribution in [2.75, 3.05) is 14.2 Å². The first kappa shape index (κ1) is 15.2. The summed E-state index contributed by atoms with van der Waals surface area (Å²) in [7, 11) is 3.00. The van der Waals surface area contributed by atoms with Crippen LogP contribution in [0.2, 0.25) is 5.02 Å². The molecule has 23 heavy (non-hydrogen) atoms.